The van der Waals surface area contributed by atoms with E-state index in [1.54, 1.807) is 6.07 Å². The van der Waals surface area contributed by atoms with Crippen molar-refractivity contribution in [2.75, 3.05) is 5.75 Å². The molecule has 0 unspecified atom stereocenters. The summed E-state index contributed by atoms with van der Waals surface area (Å²) < 4.78 is 2.82. The molecule has 1 aromatic heterocycles. The van der Waals surface area contributed by atoms with Crippen LogP contribution < -0.4 is 5.43 Å². The monoisotopic (exact) mass is 463 g/mol. The molecule has 0 aliphatic rings. The van der Waals surface area contributed by atoms with Crippen LogP contribution in [0.3, 0.4) is 0 Å². The third-order valence-electron chi connectivity index (χ3n) is 3.55. The minimum atomic E-state index is -0.240. The molecule has 1 amide bonds. The molecule has 0 saturated carbocycles. The zero-order chi connectivity index (χ0) is 19.2. The fourth-order valence-electron chi connectivity index (χ4n) is 2.24. The fourth-order valence-corrected chi connectivity index (χ4v) is 3.52. The van der Waals surface area contributed by atoms with Gasteiger partial charge in [0, 0.05) is 27.7 Å². The second-order valence-electron chi connectivity index (χ2n) is 5.48. The minimum absolute atomic E-state index is 0.171. The van der Waals surface area contributed by atoms with E-state index in [2.05, 4.69) is 36.7 Å². The number of thioether (sulfide) groups is 1. The van der Waals surface area contributed by atoms with Gasteiger partial charge >= 0.3 is 0 Å². The normalized spacial score (nSPS) is 11.1. The molecule has 1 N–H and O–H groups in total. The summed E-state index contributed by atoms with van der Waals surface area (Å²) in [4.78, 5) is 12.0. The number of hydrazone groups is 1. The quantitative estimate of drug-likeness (QED) is 0.338. The maximum Gasteiger partial charge on any atom is 0.250 e. The van der Waals surface area contributed by atoms with Crippen LogP contribution in [0, 0.1) is 0 Å². The molecule has 3 aromatic rings. The molecule has 0 aliphatic heterocycles. The van der Waals surface area contributed by atoms with Crippen LogP contribution in [0.15, 0.2) is 63.3 Å². The number of nitrogens with zero attached hydrogens (tertiary/aromatic N) is 4. The Morgan fingerprint density at radius 3 is 2.89 bits per heavy atom. The van der Waals surface area contributed by atoms with Crippen LogP contribution in [0.4, 0.5) is 0 Å². The van der Waals surface area contributed by atoms with Gasteiger partial charge in [0.2, 0.25) is 0 Å². The van der Waals surface area contributed by atoms with Gasteiger partial charge in [-0.1, -0.05) is 69.6 Å². The molecular formula is C18H15BrClN5OS. The Kier molecular flexibility index (Phi) is 6.65. The molecule has 9 heteroatoms. The van der Waals surface area contributed by atoms with Crippen molar-refractivity contribution in [3.63, 3.8) is 0 Å². The summed E-state index contributed by atoms with van der Waals surface area (Å²) in [6, 6.07) is 15.1. The lowest BCUT2D eigenvalue weighted by Crippen LogP contribution is -2.19. The molecule has 0 saturated heterocycles. The van der Waals surface area contributed by atoms with Crippen molar-refractivity contribution < 1.29 is 4.79 Å². The number of amides is 1. The van der Waals surface area contributed by atoms with Crippen LogP contribution in [-0.2, 0) is 11.8 Å². The van der Waals surface area contributed by atoms with Gasteiger partial charge < -0.3 is 4.57 Å². The number of aromatic nitrogens is 3. The number of rotatable bonds is 6. The van der Waals surface area contributed by atoms with Crippen LogP contribution in [0.25, 0.3) is 11.4 Å². The predicted octanol–water partition coefficient (Wildman–Crippen LogP) is 4.14. The molecule has 0 atom stereocenters. The SMILES string of the molecule is Cn1c(SCC(=O)NN=Cc2ccccc2Cl)nnc1-c1cccc(Br)c1. The molecule has 0 fully saturated rings. The van der Waals surface area contributed by atoms with Gasteiger partial charge in [-0.2, -0.15) is 5.10 Å². The maximum atomic E-state index is 12.0. The number of hydrogen-bond donors (Lipinski definition) is 1. The van der Waals surface area contributed by atoms with Gasteiger partial charge in [0.05, 0.1) is 12.0 Å². The molecule has 2 aromatic carbocycles. The third-order valence-corrected chi connectivity index (χ3v) is 5.41. The highest BCUT2D eigenvalue weighted by molar-refractivity contribution is 9.10. The van der Waals surface area contributed by atoms with Gasteiger partial charge in [0.1, 0.15) is 0 Å². The van der Waals surface area contributed by atoms with E-state index in [0.29, 0.717) is 10.2 Å². The molecule has 138 valence electrons. The lowest BCUT2D eigenvalue weighted by molar-refractivity contribution is -0.118. The molecule has 0 bridgehead atoms. The number of hydrogen-bond acceptors (Lipinski definition) is 5. The van der Waals surface area contributed by atoms with Crippen molar-refractivity contribution in [1.29, 1.82) is 0 Å². The third kappa shape index (κ3) is 5.18. The smallest absolute Gasteiger partial charge is 0.250 e. The number of halogens is 2. The van der Waals surface area contributed by atoms with Crippen LogP contribution in [0.1, 0.15) is 5.56 Å². The van der Waals surface area contributed by atoms with Crippen molar-refractivity contribution in [1.82, 2.24) is 20.2 Å². The maximum absolute atomic E-state index is 12.0. The Morgan fingerprint density at radius 1 is 1.30 bits per heavy atom. The van der Waals surface area contributed by atoms with Crippen LogP contribution in [0.5, 0.6) is 0 Å². The van der Waals surface area contributed by atoms with Gasteiger partial charge in [-0.05, 0) is 18.2 Å². The Labute approximate surface area is 174 Å². The lowest BCUT2D eigenvalue weighted by atomic mass is 10.2. The topological polar surface area (TPSA) is 72.2 Å². The first kappa shape index (κ1) is 19.6. The van der Waals surface area contributed by atoms with Gasteiger partial charge in [0.15, 0.2) is 11.0 Å². The highest BCUT2D eigenvalue weighted by Crippen LogP contribution is 2.24. The molecule has 0 aliphatic carbocycles. The summed E-state index contributed by atoms with van der Waals surface area (Å²) in [7, 11) is 1.87. The minimum Gasteiger partial charge on any atom is -0.305 e. The van der Waals surface area contributed by atoms with E-state index >= 15 is 0 Å². The average molecular weight is 465 g/mol. The van der Waals surface area contributed by atoms with Gasteiger partial charge in [-0.15, -0.1) is 10.2 Å². The molecular weight excluding hydrogens is 450 g/mol. The number of nitrogens with one attached hydrogen (secondary N) is 1. The van der Waals surface area contributed by atoms with Crippen molar-refractivity contribution in [2.24, 2.45) is 12.1 Å². The molecule has 3 rings (SSSR count). The number of benzene rings is 2. The van der Waals surface area contributed by atoms with Crippen molar-refractivity contribution in [3.05, 3.63) is 63.6 Å². The van der Waals surface area contributed by atoms with E-state index in [1.165, 1.54) is 18.0 Å². The Morgan fingerprint density at radius 2 is 2.11 bits per heavy atom. The van der Waals surface area contributed by atoms with Crippen LogP contribution in [0.2, 0.25) is 5.02 Å². The summed E-state index contributed by atoms with van der Waals surface area (Å²) >= 11 is 10.8. The Balaban J connectivity index is 1.57. The molecule has 0 spiro atoms. The second-order valence-corrected chi connectivity index (χ2v) is 7.74. The van der Waals surface area contributed by atoms with E-state index in [1.807, 2.05) is 54.1 Å². The Hall–Kier alpha value is -2.16. The highest BCUT2D eigenvalue weighted by Gasteiger charge is 2.13. The zero-order valence-corrected chi connectivity index (χ0v) is 17.4. The largest absolute Gasteiger partial charge is 0.305 e. The van der Waals surface area contributed by atoms with E-state index in [9.17, 15) is 4.79 Å². The van der Waals surface area contributed by atoms with E-state index in [0.717, 1.165) is 21.4 Å². The zero-order valence-electron chi connectivity index (χ0n) is 14.3. The second kappa shape index (κ2) is 9.16. The highest BCUT2D eigenvalue weighted by atomic mass is 79.9. The fraction of sp³-hybridized carbons (Fsp3) is 0.111. The van der Waals surface area contributed by atoms with E-state index < -0.39 is 0 Å². The first-order chi connectivity index (χ1) is 13.0. The van der Waals surface area contributed by atoms with E-state index in [4.69, 9.17) is 11.6 Å². The molecule has 1 heterocycles. The van der Waals surface area contributed by atoms with Crippen molar-refractivity contribution >= 4 is 51.4 Å². The summed E-state index contributed by atoms with van der Waals surface area (Å²) in [6.45, 7) is 0. The first-order valence-electron chi connectivity index (χ1n) is 7.89. The van der Waals surface area contributed by atoms with Crippen molar-refractivity contribution in [2.45, 2.75) is 5.16 Å². The summed E-state index contributed by atoms with van der Waals surface area (Å²) in [6.07, 6.45) is 1.51. The summed E-state index contributed by atoms with van der Waals surface area (Å²) in [5.74, 6) is 0.663. The average Bonchev–Trinajstić information content (AvgIpc) is 3.02. The Bertz CT molecular complexity index is 991. The van der Waals surface area contributed by atoms with Crippen molar-refractivity contribution in [3.8, 4) is 11.4 Å². The van der Waals surface area contributed by atoms with Crippen LogP contribution in [-0.4, -0.2) is 32.6 Å². The van der Waals surface area contributed by atoms with Gasteiger partial charge in [0.25, 0.3) is 5.91 Å². The lowest BCUT2D eigenvalue weighted by Gasteiger charge is -2.04. The van der Waals surface area contributed by atoms with E-state index in [-0.39, 0.29) is 11.7 Å². The summed E-state index contributed by atoms with van der Waals surface area (Å²) in [5.41, 5.74) is 4.16. The number of carbonyl (C=O) groups excluding carboxylic acids is 1. The van der Waals surface area contributed by atoms with Crippen LogP contribution >= 0.6 is 39.3 Å². The molecule has 27 heavy (non-hydrogen) atoms. The number of carbonyl (C=O) groups is 1. The molecule has 6 nitrogen and oxygen atoms in total. The first-order valence-corrected chi connectivity index (χ1v) is 10.0. The van der Waals surface area contributed by atoms with Gasteiger partial charge in [-0.25, -0.2) is 5.43 Å². The molecule has 0 radical (unpaired) electrons. The summed E-state index contributed by atoms with van der Waals surface area (Å²) in [5, 5.41) is 13.5. The van der Waals surface area contributed by atoms with Gasteiger partial charge in [-0.3, -0.25) is 4.79 Å². The standard InChI is InChI=1S/C18H15BrClN5OS/c1-25-17(12-6-4-7-14(19)9-12)23-24-18(25)27-11-16(26)22-21-10-13-5-2-3-8-15(13)20/h2-10H,11H2,1H3,(H,22,26). The predicted molar refractivity (Wildman–Crippen MR) is 112 cm³/mol.